The molecule has 1 aliphatic carbocycles. The predicted molar refractivity (Wildman–Crippen MR) is 244 cm³/mol. The summed E-state index contributed by atoms with van der Waals surface area (Å²) in [5, 5.41) is 0. The average Bonchev–Trinajstić information content (AvgIpc) is 3.62. The lowest BCUT2D eigenvalue weighted by Crippen LogP contribution is -2.29. The minimum absolute atomic E-state index is 0.310. The molecule has 0 N–H and O–H groups in total. The third-order valence-corrected chi connectivity index (χ3v) is 13.0. The smallest absolute Gasteiger partial charge is 0.160 e. The first-order valence-corrected chi connectivity index (χ1v) is 21.3. The summed E-state index contributed by atoms with van der Waals surface area (Å²) in [5.41, 5.74) is 8.07. The molecule has 9 aromatic carbocycles. The second-order valence-electron chi connectivity index (χ2n) is 15.6. The second kappa shape index (κ2) is 15.6. The van der Waals surface area contributed by atoms with Crippen LogP contribution in [0.3, 0.4) is 0 Å². The summed E-state index contributed by atoms with van der Waals surface area (Å²) < 4.78 is 79.7. The maximum absolute atomic E-state index is 14.8. The monoisotopic (exact) mass is 864 g/mol. The maximum atomic E-state index is 14.8. The Morgan fingerprint density at radius 1 is 0.391 bits per heavy atom. The molecule has 0 spiro atoms. The lowest BCUT2D eigenvalue weighted by atomic mass is 9.67. The van der Waals surface area contributed by atoms with E-state index in [9.17, 15) is 22.0 Å². The van der Waals surface area contributed by atoms with Crippen molar-refractivity contribution in [3.05, 3.63) is 252 Å². The predicted octanol–water partition coefficient (Wildman–Crippen LogP) is 15.9. The van der Waals surface area contributed by atoms with E-state index in [0.717, 1.165) is 72.5 Å². The summed E-state index contributed by atoms with van der Waals surface area (Å²) in [6, 6.07) is 58.4. The molecule has 9 aromatic rings. The van der Waals surface area contributed by atoms with Gasteiger partial charge in [-0.15, -0.1) is 0 Å². The molecule has 3 nitrogen and oxygen atoms in total. The second-order valence-corrected chi connectivity index (χ2v) is 16.6. The van der Waals surface area contributed by atoms with Gasteiger partial charge in [0.25, 0.3) is 0 Å². The Morgan fingerprint density at radius 2 is 0.938 bits per heavy atom. The van der Waals surface area contributed by atoms with Crippen LogP contribution in [0.5, 0.6) is 11.5 Å². The van der Waals surface area contributed by atoms with Gasteiger partial charge in [-0.2, -0.15) is 0 Å². The van der Waals surface area contributed by atoms with Gasteiger partial charge in [0, 0.05) is 45.8 Å². The number of para-hydroxylation sites is 1. The Kier molecular flexibility index (Phi) is 9.58. The van der Waals surface area contributed by atoms with Crippen molar-refractivity contribution in [1.29, 1.82) is 0 Å². The number of nitrogens with zero attached hydrogens (tertiary/aromatic N) is 2. The van der Waals surface area contributed by atoms with Gasteiger partial charge < -0.3 is 14.5 Å². The molecule has 0 saturated carbocycles. The van der Waals surface area contributed by atoms with E-state index >= 15 is 0 Å². The lowest BCUT2D eigenvalue weighted by molar-refractivity contribution is 0.456. The molecular weight excluding hydrogens is 832 g/mol. The van der Waals surface area contributed by atoms with Crippen LogP contribution >= 0.6 is 11.8 Å². The minimum atomic E-state index is -1.03. The average molecular weight is 865 g/mol. The zero-order valence-electron chi connectivity index (χ0n) is 33.7. The van der Waals surface area contributed by atoms with E-state index in [1.807, 2.05) is 77.7 Å². The van der Waals surface area contributed by atoms with E-state index in [0.29, 0.717) is 28.4 Å². The lowest BCUT2D eigenvalue weighted by Gasteiger charge is -2.35. The highest BCUT2D eigenvalue weighted by atomic mass is 32.2. The molecule has 64 heavy (non-hydrogen) atoms. The molecule has 0 fully saturated rings. The topological polar surface area (TPSA) is 15.7 Å². The van der Waals surface area contributed by atoms with E-state index in [-0.39, 0.29) is 5.82 Å². The van der Waals surface area contributed by atoms with Crippen molar-refractivity contribution in [3.63, 3.8) is 0 Å². The van der Waals surface area contributed by atoms with Gasteiger partial charge >= 0.3 is 0 Å². The molecule has 1 atom stereocenters. The van der Waals surface area contributed by atoms with Gasteiger partial charge in [-0.3, -0.25) is 0 Å². The van der Waals surface area contributed by atoms with E-state index in [1.54, 1.807) is 53.1 Å². The summed E-state index contributed by atoms with van der Waals surface area (Å²) in [5.74, 6) is -1.77. The van der Waals surface area contributed by atoms with Gasteiger partial charge in [-0.25, -0.2) is 22.0 Å². The third-order valence-electron chi connectivity index (χ3n) is 11.9. The standard InChI is InChI=1S/C55H33F5N2OS/c56-36-19-25-41(26-20-36)61(42-9-5-7-37(57)31-42)39-21-15-34(16-22-39)55(35-17-23-40(24-18-35)62(43-10-6-8-38(58)32-43)44-27-29-48(59)49(60)33-44)46-12-2-1-11-45(46)53-47(55)28-30-52-54(53)63-50-13-3-4-14-51(50)64-52/h1-33H. The summed E-state index contributed by atoms with van der Waals surface area (Å²) in [6.07, 6.45) is 0. The molecule has 1 heterocycles. The van der Waals surface area contributed by atoms with Gasteiger partial charge in [0.05, 0.1) is 15.2 Å². The maximum Gasteiger partial charge on any atom is 0.160 e. The molecule has 0 aromatic heterocycles. The number of fused-ring (bicyclic) bond motifs is 6. The van der Waals surface area contributed by atoms with Crippen molar-refractivity contribution in [2.45, 2.75) is 15.2 Å². The highest BCUT2D eigenvalue weighted by molar-refractivity contribution is 7.99. The van der Waals surface area contributed by atoms with E-state index in [4.69, 9.17) is 4.74 Å². The Bertz CT molecular complexity index is 3250. The molecule has 0 radical (unpaired) electrons. The van der Waals surface area contributed by atoms with Gasteiger partial charge in [-0.05, 0) is 143 Å². The van der Waals surface area contributed by atoms with E-state index in [2.05, 4.69) is 36.4 Å². The van der Waals surface area contributed by atoms with Crippen LogP contribution in [0, 0.1) is 29.1 Å². The Balaban J connectivity index is 1.12. The summed E-state index contributed by atoms with van der Waals surface area (Å²) >= 11 is 1.66. The largest absolute Gasteiger partial charge is 0.454 e. The van der Waals surface area contributed by atoms with E-state index in [1.165, 1.54) is 42.5 Å². The van der Waals surface area contributed by atoms with Gasteiger partial charge in [0.15, 0.2) is 11.6 Å². The van der Waals surface area contributed by atoms with Crippen LogP contribution in [0.4, 0.5) is 56.1 Å². The first-order valence-electron chi connectivity index (χ1n) is 20.5. The molecule has 310 valence electrons. The van der Waals surface area contributed by atoms with Crippen molar-refractivity contribution in [2.24, 2.45) is 0 Å². The first kappa shape index (κ1) is 39.2. The quantitative estimate of drug-likeness (QED) is 0.141. The fourth-order valence-electron chi connectivity index (χ4n) is 9.19. The van der Waals surface area contributed by atoms with Crippen molar-refractivity contribution in [3.8, 4) is 22.6 Å². The van der Waals surface area contributed by atoms with Crippen LogP contribution in [0.1, 0.15) is 22.3 Å². The Hall–Kier alpha value is -7.62. The van der Waals surface area contributed by atoms with Crippen molar-refractivity contribution < 1.29 is 26.7 Å². The molecule has 9 heteroatoms. The summed E-state index contributed by atoms with van der Waals surface area (Å²) in [6.45, 7) is 0. The number of hydrogen-bond donors (Lipinski definition) is 0. The number of ether oxygens (including phenoxy) is 1. The summed E-state index contributed by atoms with van der Waals surface area (Å²) in [7, 11) is 0. The first-order chi connectivity index (χ1) is 31.3. The molecule has 0 saturated heterocycles. The highest BCUT2D eigenvalue weighted by Crippen LogP contribution is 2.62. The van der Waals surface area contributed by atoms with Gasteiger partial charge in [0.1, 0.15) is 29.0 Å². The molecular formula is C55H33F5N2OS. The molecule has 0 bridgehead atoms. The van der Waals surface area contributed by atoms with Crippen LogP contribution < -0.4 is 14.5 Å². The molecule has 1 aliphatic heterocycles. The number of halogens is 5. The van der Waals surface area contributed by atoms with Crippen LogP contribution in [-0.4, -0.2) is 0 Å². The molecule has 0 amide bonds. The van der Waals surface area contributed by atoms with Crippen molar-refractivity contribution >= 4 is 45.9 Å². The number of rotatable bonds is 8. The molecule has 1 unspecified atom stereocenters. The fraction of sp³-hybridized carbons (Fsp3) is 0.0182. The Morgan fingerprint density at radius 3 is 1.56 bits per heavy atom. The van der Waals surface area contributed by atoms with E-state index < -0.39 is 28.7 Å². The number of anilines is 6. The summed E-state index contributed by atoms with van der Waals surface area (Å²) in [4.78, 5) is 5.56. The number of benzene rings is 9. The van der Waals surface area contributed by atoms with Crippen molar-refractivity contribution in [1.82, 2.24) is 0 Å². The SMILES string of the molecule is Fc1ccc(N(c2ccc(C3(c4ccc(N(c5cccc(F)c5)c5ccc(F)c(F)c5)cc4)c4ccccc4-c4c3ccc3c4Oc4ccccc4S3)cc2)c2cccc(F)c2)cc1. The number of hydrogen-bond acceptors (Lipinski definition) is 4. The van der Waals surface area contributed by atoms with Crippen LogP contribution in [0.15, 0.2) is 210 Å². The molecule has 2 aliphatic rings. The highest BCUT2D eigenvalue weighted by Gasteiger charge is 2.48. The van der Waals surface area contributed by atoms with Gasteiger partial charge in [0.2, 0.25) is 0 Å². The Labute approximate surface area is 370 Å². The zero-order valence-corrected chi connectivity index (χ0v) is 34.5. The normalized spacial score (nSPS) is 14.5. The van der Waals surface area contributed by atoms with Crippen LogP contribution in [-0.2, 0) is 5.41 Å². The third kappa shape index (κ3) is 6.50. The van der Waals surface area contributed by atoms with Gasteiger partial charge in [-0.1, -0.05) is 90.6 Å². The van der Waals surface area contributed by atoms with Crippen molar-refractivity contribution in [2.75, 3.05) is 9.80 Å². The minimum Gasteiger partial charge on any atom is -0.454 e. The fourth-order valence-corrected chi connectivity index (χ4v) is 10.2. The van der Waals surface area contributed by atoms with Crippen LogP contribution in [0.2, 0.25) is 0 Å². The zero-order chi connectivity index (χ0) is 43.5. The molecule has 11 rings (SSSR count). The van der Waals surface area contributed by atoms with Crippen LogP contribution in [0.25, 0.3) is 11.1 Å².